The van der Waals surface area contributed by atoms with Crippen LogP contribution in [0.4, 0.5) is 5.69 Å². The van der Waals surface area contributed by atoms with Crippen LogP contribution in [0, 0.1) is 0 Å². The maximum Gasteiger partial charge on any atom is 0.188 e. The second-order valence-corrected chi connectivity index (χ2v) is 2.60. The Hall–Kier alpha value is -1.98. The molecule has 1 aromatic rings. The summed E-state index contributed by atoms with van der Waals surface area (Å²) in [6, 6.07) is 3.34. The summed E-state index contributed by atoms with van der Waals surface area (Å²) in [5.41, 5.74) is 0.455. The molecular formula is C9H13N3O3. The third-order valence-electron chi connectivity index (χ3n) is 1.83. The first-order valence-corrected chi connectivity index (χ1v) is 4.17. The summed E-state index contributed by atoms with van der Waals surface area (Å²) in [6.45, 7) is 0. The van der Waals surface area contributed by atoms with Crippen molar-refractivity contribution in [3.8, 4) is 17.2 Å². The molecule has 1 rings (SSSR count). The van der Waals surface area contributed by atoms with Gasteiger partial charge in [0.05, 0.1) is 21.3 Å². The van der Waals surface area contributed by atoms with Crippen LogP contribution in [0.15, 0.2) is 22.5 Å². The van der Waals surface area contributed by atoms with Gasteiger partial charge in [-0.05, 0) is 0 Å². The summed E-state index contributed by atoms with van der Waals surface area (Å²) in [6.07, 6.45) is 0. The van der Waals surface area contributed by atoms with Crippen molar-refractivity contribution in [2.45, 2.75) is 0 Å². The van der Waals surface area contributed by atoms with E-state index in [-0.39, 0.29) is 0 Å². The van der Waals surface area contributed by atoms with E-state index in [0.29, 0.717) is 22.9 Å². The molecule has 0 aliphatic carbocycles. The highest BCUT2D eigenvalue weighted by atomic mass is 16.5. The molecule has 0 bridgehead atoms. The molecule has 0 heterocycles. The van der Waals surface area contributed by atoms with E-state index in [9.17, 15) is 0 Å². The summed E-state index contributed by atoms with van der Waals surface area (Å²) in [7, 11) is 4.59. The van der Waals surface area contributed by atoms with E-state index in [1.54, 1.807) is 19.2 Å². The molecule has 0 amide bonds. The number of ether oxygens (including phenoxy) is 3. The predicted octanol–water partition coefficient (Wildman–Crippen LogP) is 1.67. The highest BCUT2D eigenvalue weighted by Gasteiger charge is 2.12. The van der Waals surface area contributed by atoms with Gasteiger partial charge in [0.25, 0.3) is 0 Å². The second kappa shape index (κ2) is 5.04. The number of hydrogen-bond acceptors (Lipinski definition) is 5. The average Bonchev–Trinajstić information content (AvgIpc) is 2.28. The van der Waals surface area contributed by atoms with Crippen LogP contribution < -0.4 is 20.1 Å². The molecule has 6 nitrogen and oxygen atoms in total. The van der Waals surface area contributed by atoms with Crippen LogP contribution in [0.3, 0.4) is 0 Å². The number of hydrogen-bond donors (Lipinski definition) is 1. The molecule has 2 N–H and O–H groups in total. The van der Waals surface area contributed by atoms with Gasteiger partial charge in [0.1, 0.15) is 11.4 Å². The molecule has 0 radical (unpaired) electrons. The molecular weight excluding hydrogens is 198 g/mol. The first-order chi connectivity index (χ1) is 7.26. The zero-order valence-corrected chi connectivity index (χ0v) is 8.85. The Bertz CT molecular complexity index is 366. The van der Waals surface area contributed by atoms with E-state index in [1.165, 1.54) is 14.2 Å². The SMILES string of the molecule is COc1cc(N=NN)c(OC)c(OC)c1. The van der Waals surface area contributed by atoms with Gasteiger partial charge in [-0.1, -0.05) is 5.22 Å². The Morgan fingerprint density at radius 2 is 1.80 bits per heavy atom. The van der Waals surface area contributed by atoms with Crippen molar-refractivity contribution in [3.05, 3.63) is 12.1 Å². The minimum Gasteiger partial charge on any atom is -0.497 e. The molecule has 6 heteroatoms. The fourth-order valence-corrected chi connectivity index (χ4v) is 1.17. The zero-order valence-electron chi connectivity index (χ0n) is 8.85. The van der Waals surface area contributed by atoms with Gasteiger partial charge in [-0.15, -0.1) is 5.11 Å². The van der Waals surface area contributed by atoms with Crippen LogP contribution in [0.5, 0.6) is 17.2 Å². The third kappa shape index (κ3) is 2.28. The third-order valence-corrected chi connectivity index (χ3v) is 1.83. The van der Waals surface area contributed by atoms with Crippen LogP contribution in [0.2, 0.25) is 0 Å². The van der Waals surface area contributed by atoms with Crippen molar-refractivity contribution in [2.75, 3.05) is 21.3 Å². The van der Waals surface area contributed by atoms with Crippen molar-refractivity contribution >= 4 is 5.69 Å². The zero-order chi connectivity index (χ0) is 11.3. The summed E-state index contributed by atoms with van der Waals surface area (Å²) in [5, 5.41) is 6.91. The number of benzene rings is 1. The number of nitrogens with zero attached hydrogens (tertiary/aromatic N) is 2. The van der Waals surface area contributed by atoms with Gasteiger partial charge in [-0.3, -0.25) is 0 Å². The molecule has 0 saturated heterocycles. The fraction of sp³-hybridized carbons (Fsp3) is 0.333. The number of nitrogens with two attached hydrogens (primary N) is 1. The maximum atomic E-state index is 5.13. The molecule has 0 aliphatic rings. The minimum absolute atomic E-state index is 0.455. The van der Waals surface area contributed by atoms with Crippen LogP contribution in [-0.4, -0.2) is 21.3 Å². The van der Waals surface area contributed by atoms with Gasteiger partial charge in [-0.2, -0.15) is 0 Å². The van der Waals surface area contributed by atoms with Crippen molar-refractivity contribution in [2.24, 2.45) is 16.2 Å². The second-order valence-electron chi connectivity index (χ2n) is 2.60. The van der Waals surface area contributed by atoms with Gasteiger partial charge >= 0.3 is 0 Å². The summed E-state index contributed by atoms with van der Waals surface area (Å²) < 4.78 is 15.3. The van der Waals surface area contributed by atoms with E-state index in [1.807, 2.05) is 0 Å². The Morgan fingerprint density at radius 1 is 1.07 bits per heavy atom. The molecule has 0 aromatic heterocycles. The Labute approximate surface area is 87.6 Å². The van der Waals surface area contributed by atoms with Gasteiger partial charge < -0.3 is 20.1 Å². The Balaban J connectivity index is 3.32. The van der Waals surface area contributed by atoms with Crippen LogP contribution >= 0.6 is 0 Å². The summed E-state index contributed by atoms with van der Waals surface area (Å²) >= 11 is 0. The van der Waals surface area contributed by atoms with Crippen LogP contribution in [0.1, 0.15) is 0 Å². The monoisotopic (exact) mass is 211 g/mol. The van der Waals surface area contributed by atoms with Gasteiger partial charge in [0, 0.05) is 12.1 Å². The fourth-order valence-electron chi connectivity index (χ4n) is 1.17. The molecule has 0 unspecified atom stereocenters. The van der Waals surface area contributed by atoms with E-state index < -0.39 is 0 Å². The van der Waals surface area contributed by atoms with Crippen molar-refractivity contribution in [3.63, 3.8) is 0 Å². The standard InChI is InChI=1S/C9H13N3O3/c1-13-6-4-7(11-12-10)9(15-3)8(5-6)14-2/h4-5H,1-3H3,(H2,10,11). The minimum atomic E-state index is 0.455. The lowest BCUT2D eigenvalue weighted by Gasteiger charge is -2.11. The lowest BCUT2D eigenvalue weighted by molar-refractivity contribution is 0.350. The first-order valence-electron chi connectivity index (χ1n) is 4.17. The normalized spacial score (nSPS) is 10.3. The maximum absolute atomic E-state index is 5.13. The van der Waals surface area contributed by atoms with Crippen LogP contribution in [0.25, 0.3) is 0 Å². The topological polar surface area (TPSA) is 78.4 Å². The predicted molar refractivity (Wildman–Crippen MR) is 54.8 cm³/mol. The lowest BCUT2D eigenvalue weighted by Crippen LogP contribution is -1.93. The molecule has 0 fully saturated rings. The van der Waals surface area contributed by atoms with Gasteiger partial charge in [0.2, 0.25) is 0 Å². The molecule has 0 atom stereocenters. The van der Waals surface area contributed by atoms with Gasteiger partial charge in [-0.25, -0.2) is 0 Å². The molecule has 15 heavy (non-hydrogen) atoms. The largest absolute Gasteiger partial charge is 0.497 e. The Morgan fingerprint density at radius 3 is 2.27 bits per heavy atom. The molecule has 1 aromatic carbocycles. The van der Waals surface area contributed by atoms with Crippen LogP contribution in [-0.2, 0) is 0 Å². The number of methoxy groups -OCH3 is 3. The van der Waals surface area contributed by atoms with Crippen molar-refractivity contribution in [1.29, 1.82) is 0 Å². The quantitative estimate of drug-likeness (QED) is 0.466. The molecule has 0 aliphatic heterocycles. The smallest absolute Gasteiger partial charge is 0.188 e. The Kier molecular flexibility index (Phi) is 3.73. The highest BCUT2D eigenvalue weighted by molar-refractivity contribution is 5.63. The molecule has 82 valence electrons. The molecule has 0 saturated carbocycles. The van der Waals surface area contributed by atoms with E-state index in [0.717, 1.165) is 0 Å². The van der Waals surface area contributed by atoms with E-state index >= 15 is 0 Å². The summed E-state index contributed by atoms with van der Waals surface area (Å²) in [5.74, 6) is 6.56. The van der Waals surface area contributed by atoms with Crippen molar-refractivity contribution < 1.29 is 14.2 Å². The highest BCUT2D eigenvalue weighted by Crippen LogP contribution is 2.40. The van der Waals surface area contributed by atoms with E-state index in [4.69, 9.17) is 20.1 Å². The van der Waals surface area contributed by atoms with Crippen molar-refractivity contribution in [1.82, 2.24) is 0 Å². The summed E-state index contributed by atoms with van der Waals surface area (Å²) in [4.78, 5) is 0. The number of rotatable bonds is 4. The molecule has 0 spiro atoms. The first kappa shape index (κ1) is 11.1. The van der Waals surface area contributed by atoms with E-state index in [2.05, 4.69) is 10.3 Å². The van der Waals surface area contributed by atoms with Gasteiger partial charge in [0.15, 0.2) is 11.5 Å². The lowest BCUT2D eigenvalue weighted by atomic mass is 10.2. The average molecular weight is 211 g/mol.